The Kier molecular flexibility index (Phi) is 4.30. The molecule has 0 saturated heterocycles. The summed E-state index contributed by atoms with van der Waals surface area (Å²) in [6.45, 7) is 0. The first-order valence-electron chi connectivity index (χ1n) is 7.46. The molecule has 0 radical (unpaired) electrons. The minimum Gasteiger partial charge on any atom is -0.457 e. The summed E-state index contributed by atoms with van der Waals surface area (Å²) in [5, 5.41) is 2.96. The van der Waals surface area contributed by atoms with E-state index in [1.54, 1.807) is 49.3 Å². The van der Waals surface area contributed by atoms with E-state index in [9.17, 15) is 14.4 Å². The van der Waals surface area contributed by atoms with E-state index in [1.165, 1.54) is 12.3 Å². The molecule has 0 spiro atoms. The molecule has 0 atom stereocenters. The van der Waals surface area contributed by atoms with E-state index in [2.05, 4.69) is 10.3 Å². The molecule has 3 aromatic rings. The van der Waals surface area contributed by atoms with Crippen molar-refractivity contribution in [3.8, 4) is 11.5 Å². The number of nitrogens with one attached hydrogen (secondary N) is 1. The Bertz CT molecular complexity index is 986. The highest BCUT2D eigenvalue weighted by molar-refractivity contribution is 5.79. The lowest BCUT2D eigenvalue weighted by Gasteiger charge is -2.19. The van der Waals surface area contributed by atoms with Crippen LogP contribution in [0, 0.1) is 0 Å². The molecule has 0 bridgehead atoms. The number of carbonyl (C=O) groups is 1. The molecule has 2 aromatic carbocycles. The zero-order valence-electron chi connectivity index (χ0n) is 13.6. The van der Waals surface area contributed by atoms with Crippen LogP contribution < -0.4 is 25.8 Å². The van der Waals surface area contributed by atoms with Crippen molar-refractivity contribution >= 4 is 23.3 Å². The molecule has 7 nitrogen and oxygen atoms in total. The van der Waals surface area contributed by atoms with Gasteiger partial charge in [0.2, 0.25) is 0 Å². The molecule has 3 rings (SSSR count). The van der Waals surface area contributed by atoms with Gasteiger partial charge in [0.15, 0.2) is 6.29 Å². The maximum absolute atomic E-state index is 11.7. The molecule has 25 heavy (non-hydrogen) atoms. The third-order valence-electron chi connectivity index (χ3n) is 3.57. The molecule has 0 aliphatic heterocycles. The molecule has 0 aliphatic rings. The van der Waals surface area contributed by atoms with Crippen LogP contribution in [-0.2, 0) is 0 Å². The van der Waals surface area contributed by atoms with Crippen molar-refractivity contribution in [1.82, 2.24) is 4.98 Å². The predicted octanol–water partition coefficient (Wildman–Crippen LogP) is 2.09. The van der Waals surface area contributed by atoms with Gasteiger partial charge >= 0.3 is 0 Å². The van der Waals surface area contributed by atoms with E-state index >= 15 is 0 Å². The molecule has 126 valence electrons. The highest BCUT2D eigenvalue weighted by atomic mass is 16.5. The van der Waals surface area contributed by atoms with Crippen LogP contribution in [0.15, 0.2) is 52.2 Å². The second-order valence-electron chi connectivity index (χ2n) is 5.56. The molecule has 0 aliphatic carbocycles. The van der Waals surface area contributed by atoms with Crippen LogP contribution >= 0.6 is 0 Å². The lowest BCUT2D eigenvalue weighted by molar-refractivity contribution is 0.111. The number of benzene rings is 1. The Hall–Kier alpha value is -3.48. The Balaban J connectivity index is 1.75. The fourth-order valence-electron chi connectivity index (χ4n) is 2.36. The first-order chi connectivity index (χ1) is 12.0. The van der Waals surface area contributed by atoms with Gasteiger partial charge in [0, 0.05) is 32.0 Å². The van der Waals surface area contributed by atoms with Crippen molar-refractivity contribution in [3.63, 3.8) is 0 Å². The van der Waals surface area contributed by atoms with Crippen LogP contribution in [0.3, 0.4) is 0 Å². The van der Waals surface area contributed by atoms with Crippen LogP contribution in [0.1, 0.15) is 10.5 Å². The average Bonchev–Trinajstić information content (AvgIpc) is 2.62. The third-order valence-corrected chi connectivity index (χ3v) is 3.57. The van der Waals surface area contributed by atoms with Crippen LogP contribution in [-0.4, -0.2) is 25.4 Å². The molecule has 7 heteroatoms. The zero-order valence-corrected chi connectivity index (χ0v) is 13.6. The number of aldehydes is 1. The van der Waals surface area contributed by atoms with Crippen LogP contribution in [0.5, 0.6) is 11.5 Å². The van der Waals surface area contributed by atoms with Gasteiger partial charge in [-0.1, -0.05) is 0 Å². The van der Waals surface area contributed by atoms with Gasteiger partial charge in [0.1, 0.15) is 28.6 Å². The monoisotopic (exact) mass is 337 g/mol. The molecule has 1 aromatic heterocycles. The number of hydrogen-bond acceptors (Lipinski definition) is 7. The summed E-state index contributed by atoms with van der Waals surface area (Å²) in [5.41, 5.74) is 0.577. The van der Waals surface area contributed by atoms with Crippen LogP contribution in [0.4, 0.5) is 17.1 Å². The molecule has 0 saturated carbocycles. The van der Waals surface area contributed by atoms with Crippen LogP contribution in [0.2, 0.25) is 0 Å². The van der Waals surface area contributed by atoms with Crippen molar-refractivity contribution < 1.29 is 9.53 Å². The summed E-state index contributed by atoms with van der Waals surface area (Å²) in [5.74, 6) is 1.06. The van der Waals surface area contributed by atoms with Crippen molar-refractivity contribution in [1.29, 1.82) is 0 Å². The smallest absolute Gasteiger partial charge is 0.253 e. The van der Waals surface area contributed by atoms with Gasteiger partial charge in [-0.2, -0.15) is 0 Å². The second-order valence-corrected chi connectivity index (χ2v) is 5.56. The van der Waals surface area contributed by atoms with E-state index in [0.29, 0.717) is 29.2 Å². The van der Waals surface area contributed by atoms with Gasteiger partial charge in [-0.05, 0) is 30.3 Å². The Morgan fingerprint density at radius 3 is 2.40 bits per heavy atom. The van der Waals surface area contributed by atoms with E-state index in [1.807, 2.05) is 0 Å². The molecule has 1 heterocycles. The summed E-state index contributed by atoms with van der Waals surface area (Å²) in [4.78, 5) is 39.5. The van der Waals surface area contributed by atoms with E-state index in [-0.39, 0.29) is 11.4 Å². The summed E-state index contributed by atoms with van der Waals surface area (Å²) in [6, 6.07) is 10.1. The number of nitrogens with zero attached hydrogens (tertiary/aromatic N) is 2. The minimum absolute atomic E-state index is 0.284. The van der Waals surface area contributed by atoms with E-state index in [0.717, 1.165) is 0 Å². The largest absolute Gasteiger partial charge is 0.457 e. The lowest BCUT2D eigenvalue weighted by atomic mass is 10.1. The standard InChI is InChI=1S/C18H15N3O4/c1-21(2)16-15(17(23)18(16)24)20-11-3-5-13(6-4-11)25-14-7-8-19-12(9-14)10-22/h3-10,20H,1-2H3. The van der Waals surface area contributed by atoms with Gasteiger partial charge in [-0.3, -0.25) is 19.4 Å². The van der Waals surface area contributed by atoms with Crippen molar-refractivity contribution in [2.45, 2.75) is 0 Å². The number of ether oxygens (including phenoxy) is 1. The third kappa shape index (κ3) is 3.25. The number of aromatic nitrogens is 1. The summed E-state index contributed by atoms with van der Waals surface area (Å²) in [6.07, 6.45) is 2.14. The lowest BCUT2D eigenvalue weighted by Crippen LogP contribution is -2.39. The highest BCUT2D eigenvalue weighted by Gasteiger charge is 2.22. The maximum atomic E-state index is 11.7. The van der Waals surface area contributed by atoms with E-state index < -0.39 is 10.9 Å². The number of anilines is 3. The minimum atomic E-state index is -0.526. The maximum Gasteiger partial charge on any atom is 0.253 e. The molecule has 0 unspecified atom stereocenters. The first-order valence-corrected chi connectivity index (χ1v) is 7.46. The quantitative estimate of drug-likeness (QED) is 0.544. The fourth-order valence-corrected chi connectivity index (χ4v) is 2.36. The van der Waals surface area contributed by atoms with Crippen molar-refractivity contribution in [2.75, 3.05) is 24.3 Å². The SMILES string of the molecule is CN(C)c1c(Nc2ccc(Oc3ccnc(C=O)c3)cc2)c(=O)c1=O. The van der Waals surface area contributed by atoms with Gasteiger partial charge in [0.05, 0.1) is 0 Å². The van der Waals surface area contributed by atoms with Crippen LogP contribution in [0.25, 0.3) is 0 Å². The summed E-state index contributed by atoms with van der Waals surface area (Å²) >= 11 is 0. The Morgan fingerprint density at radius 1 is 1.04 bits per heavy atom. The Morgan fingerprint density at radius 2 is 1.76 bits per heavy atom. The van der Waals surface area contributed by atoms with Crippen molar-refractivity contribution in [2.24, 2.45) is 0 Å². The van der Waals surface area contributed by atoms with Crippen molar-refractivity contribution in [3.05, 3.63) is 68.7 Å². The molecular weight excluding hydrogens is 322 g/mol. The topological polar surface area (TPSA) is 88.6 Å². The molecular formula is C18H15N3O4. The Labute approximate surface area is 143 Å². The number of hydrogen-bond donors (Lipinski definition) is 1. The van der Waals surface area contributed by atoms with Gasteiger partial charge in [-0.15, -0.1) is 0 Å². The number of pyridine rings is 1. The summed E-state index contributed by atoms with van der Waals surface area (Å²) in [7, 11) is 3.42. The highest BCUT2D eigenvalue weighted by Crippen LogP contribution is 2.26. The normalized spacial score (nSPS) is 10.5. The van der Waals surface area contributed by atoms with Gasteiger partial charge in [-0.25, -0.2) is 0 Å². The average molecular weight is 337 g/mol. The number of rotatable bonds is 6. The first kappa shape index (κ1) is 16.4. The molecule has 0 fully saturated rings. The number of carbonyl (C=O) groups excluding carboxylic acids is 1. The zero-order chi connectivity index (χ0) is 18.0. The molecule has 0 amide bonds. The van der Waals surface area contributed by atoms with Gasteiger partial charge in [0.25, 0.3) is 10.9 Å². The fraction of sp³-hybridized carbons (Fsp3) is 0.111. The summed E-state index contributed by atoms with van der Waals surface area (Å²) < 4.78 is 5.65. The van der Waals surface area contributed by atoms with Gasteiger partial charge < -0.3 is 15.0 Å². The second kappa shape index (κ2) is 6.56. The molecule has 1 N–H and O–H groups in total. The van der Waals surface area contributed by atoms with E-state index in [4.69, 9.17) is 4.74 Å². The predicted molar refractivity (Wildman–Crippen MR) is 95.1 cm³/mol.